The maximum atomic E-state index is 5.79. The summed E-state index contributed by atoms with van der Waals surface area (Å²) in [6.07, 6.45) is 16.0. The number of allylic oxidation sites excluding steroid dienone is 2. The zero-order valence-electron chi connectivity index (χ0n) is 21.2. The van der Waals surface area contributed by atoms with Gasteiger partial charge in [-0.3, -0.25) is 0 Å². The molecule has 0 aromatic rings. The maximum Gasteiger partial charge on any atom is 0.0574 e. The van der Waals surface area contributed by atoms with Gasteiger partial charge in [0.25, 0.3) is 0 Å². The van der Waals surface area contributed by atoms with Gasteiger partial charge in [0.2, 0.25) is 0 Å². The van der Waals surface area contributed by atoms with Crippen molar-refractivity contribution in [2.75, 3.05) is 7.11 Å². The van der Waals surface area contributed by atoms with Gasteiger partial charge in [-0.05, 0) is 104 Å². The zero-order chi connectivity index (χ0) is 21.7. The summed E-state index contributed by atoms with van der Waals surface area (Å²) >= 11 is 0. The van der Waals surface area contributed by atoms with E-state index in [1.54, 1.807) is 0 Å². The molecule has 8 atom stereocenters. The molecule has 0 N–H and O–H groups in total. The summed E-state index contributed by atoms with van der Waals surface area (Å²) in [5.41, 5.74) is 4.98. The van der Waals surface area contributed by atoms with Crippen molar-refractivity contribution < 1.29 is 4.74 Å². The molecule has 0 heterocycles. The van der Waals surface area contributed by atoms with Crippen molar-refractivity contribution in [2.45, 2.75) is 118 Å². The summed E-state index contributed by atoms with van der Waals surface area (Å²) in [4.78, 5) is 0. The second-order valence-electron chi connectivity index (χ2n) is 12.8. The van der Waals surface area contributed by atoms with Crippen LogP contribution in [-0.4, -0.2) is 13.2 Å². The topological polar surface area (TPSA) is 9.23 Å². The number of hydrogen-bond acceptors (Lipinski definition) is 1. The summed E-state index contributed by atoms with van der Waals surface area (Å²) in [5.74, 6) is 5.28. The molecule has 4 aliphatic rings. The maximum absolute atomic E-state index is 5.79. The second-order valence-corrected chi connectivity index (χ2v) is 12.8. The summed E-state index contributed by atoms with van der Waals surface area (Å²) in [5, 5.41) is 0. The van der Waals surface area contributed by atoms with Crippen molar-refractivity contribution in [3.05, 3.63) is 11.1 Å². The van der Waals surface area contributed by atoms with Crippen LogP contribution in [0.25, 0.3) is 0 Å². The molecule has 0 radical (unpaired) electrons. The van der Waals surface area contributed by atoms with Crippen LogP contribution in [0.2, 0.25) is 0 Å². The average Bonchev–Trinajstić information content (AvgIpc) is 3.08. The van der Waals surface area contributed by atoms with Crippen LogP contribution < -0.4 is 0 Å². The Morgan fingerprint density at radius 3 is 2.40 bits per heavy atom. The molecule has 4 rings (SSSR count). The first-order valence-corrected chi connectivity index (χ1v) is 13.5. The van der Waals surface area contributed by atoms with Crippen LogP contribution in [0.4, 0.5) is 0 Å². The first-order valence-electron chi connectivity index (χ1n) is 13.5. The van der Waals surface area contributed by atoms with Gasteiger partial charge in [0.05, 0.1) is 6.10 Å². The van der Waals surface area contributed by atoms with Crippen molar-refractivity contribution in [3.63, 3.8) is 0 Å². The molecule has 3 fully saturated rings. The average molecular weight is 415 g/mol. The van der Waals surface area contributed by atoms with Crippen LogP contribution in [0.1, 0.15) is 112 Å². The Hall–Kier alpha value is -0.300. The van der Waals surface area contributed by atoms with E-state index >= 15 is 0 Å². The van der Waals surface area contributed by atoms with Gasteiger partial charge in [0.15, 0.2) is 0 Å². The van der Waals surface area contributed by atoms with Crippen molar-refractivity contribution in [1.29, 1.82) is 0 Å². The summed E-state index contributed by atoms with van der Waals surface area (Å²) in [6, 6.07) is 0. The SMILES string of the molecule is COC1CCC2(C)C(CCC3=C4CCC(C(C)CCC(C)C(C)C)C4(C)CCC32)C1. The Labute approximate surface area is 187 Å². The van der Waals surface area contributed by atoms with Crippen molar-refractivity contribution >= 4 is 0 Å². The molecule has 8 unspecified atom stereocenters. The minimum absolute atomic E-state index is 0.513. The first kappa shape index (κ1) is 22.9. The molecule has 3 saturated carbocycles. The van der Waals surface area contributed by atoms with Gasteiger partial charge >= 0.3 is 0 Å². The molecule has 1 nitrogen and oxygen atoms in total. The van der Waals surface area contributed by atoms with Gasteiger partial charge in [0, 0.05) is 7.11 Å². The van der Waals surface area contributed by atoms with Crippen LogP contribution in [-0.2, 0) is 4.74 Å². The van der Waals surface area contributed by atoms with E-state index in [0.29, 0.717) is 16.9 Å². The van der Waals surface area contributed by atoms with E-state index in [0.717, 1.165) is 35.5 Å². The largest absolute Gasteiger partial charge is 0.381 e. The number of hydrogen-bond donors (Lipinski definition) is 0. The lowest BCUT2D eigenvalue weighted by molar-refractivity contribution is -0.0520. The zero-order valence-corrected chi connectivity index (χ0v) is 21.2. The molecule has 0 aliphatic heterocycles. The highest BCUT2D eigenvalue weighted by atomic mass is 16.5. The minimum Gasteiger partial charge on any atom is -0.381 e. The van der Waals surface area contributed by atoms with Crippen LogP contribution in [0.5, 0.6) is 0 Å². The lowest BCUT2D eigenvalue weighted by Crippen LogP contribution is -2.48. The third kappa shape index (κ3) is 3.74. The smallest absolute Gasteiger partial charge is 0.0574 e. The fraction of sp³-hybridized carbons (Fsp3) is 0.931. The molecule has 0 saturated heterocycles. The van der Waals surface area contributed by atoms with E-state index in [1.807, 2.05) is 18.3 Å². The minimum atomic E-state index is 0.513. The molecular formula is C29H50O. The molecule has 0 aromatic carbocycles. The Bertz CT molecular complexity index is 647. The summed E-state index contributed by atoms with van der Waals surface area (Å²) in [7, 11) is 1.93. The van der Waals surface area contributed by atoms with E-state index in [4.69, 9.17) is 4.74 Å². The molecule has 0 spiro atoms. The molecule has 172 valence electrons. The van der Waals surface area contributed by atoms with E-state index in [-0.39, 0.29) is 0 Å². The quantitative estimate of drug-likeness (QED) is 0.396. The lowest BCUT2D eigenvalue weighted by atomic mass is 9.49. The fourth-order valence-electron chi connectivity index (χ4n) is 8.68. The second kappa shape index (κ2) is 8.57. The van der Waals surface area contributed by atoms with Crippen LogP contribution in [0, 0.1) is 46.3 Å². The predicted molar refractivity (Wildman–Crippen MR) is 128 cm³/mol. The van der Waals surface area contributed by atoms with Crippen LogP contribution in [0.15, 0.2) is 11.1 Å². The summed E-state index contributed by atoms with van der Waals surface area (Å²) in [6.45, 7) is 15.2. The molecule has 30 heavy (non-hydrogen) atoms. The van der Waals surface area contributed by atoms with Gasteiger partial charge in [-0.1, -0.05) is 65.5 Å². The Morgan fingerprint density at radius 2 is 1.70 bits per heavy atom. The fourth-order valence-corrected chi connectivity index (χ4v) is 8.68. The lowest BCUT2D eigenvalue weighted by Gasteiger charge is -2.57. The third-order valence-corrected chi connectivity index (χ3v) is 11.3. The number of methoxy groups -OCH3 is 1. The monoisotopic (exact) mass is 414 g/mol. The highest BCUT2D eigenvalue weighted by Gasteiger charge is 2.55. The van der Waals surface area contributed by atoms with E-state index in [9.17, 15) is 0 Å². The van der Waals surface area contributed by atoms with Crippen molar-refractivity contribution in [3.8, 4) is 0 Å². The molecular weight excluding hydrogens is 364 g/mol. The first-order chi connectivity index (χ1) is 14.2. The highest BCUT2D eigenvalue weighted by molar-refractivity contribution is 5.34. The normalized spacial score (nSPS) is 43.2. The molecule has 4 aliphatic carbocycles. The molecule has 1 heteroatoms. The van der Waals surface area contributed by atoms with Crippen LogP contribution in [0.3, 0.4) is 0 Å². The summed E-state index contributed by atoms with van der Waals surface area (Å²) < 4.78 is 5.79. The molecule has 0 aromatic heterocycles. The van der Waals surface area contributed by atoms with Crippen molar-refractivity contribution in [2.24, 2.45) is 46.3 Å². The highest BCUT2D eigenvalue weighted by Crippen LogP contribution is 2.66. The number of ether oxygens (including phenoxy) is 1. The Kier molecular flexibility index (Phi) is 6.53. The predicted octanol–water partition coefficient (Wildman–Crippen LogP) is 8.43. The van der Waals surface area contributed by atoms with Gasteiger partial charge in [0.1, 0.15) is 0 Å². The van der Waals surface area contributed by atoms with Gasteiger partial charge in [-0.15, -0.1) is 0 Å². The van der Waals surface area contributed by atoms with E-state index in [2.05, 4.69) is 41.5 Å². The number of rotatable bonds is 6. The van der Waals surface area contributed by atoms with Crippen LogP contribution >= 0.6 is 0 Å². The third-order valence-electron chi connectivity index (χ3n) is 11.3. The van der Waals surface area contributed by atoms with Gasteiger partial charge in [-0.2, -0.15) is 0 Å². The van der Waals surface area contributed by atoms with Gasteiger partial charge in [-0.25, -0.2) is 0 Å². The molecule has 0 amide bonds. The van der Waals surface area contributed by atoms with Gasteiger partial charge < -0.3 is 4.74 Å². The number of fused-ring (bicyclic) bond motifs is 4. The Balaban J connectivity index is 1.52. The van der Waals surface area contributed by atoms with Crippen molar-refractivity contribution in [1.82, 2.24) is 0 Å². The standard InChI is InChI=1S/C29H50O/c1-19(2)20(3)8-9-21(4)25-12-13-26-24-11-10-22-18-23(30-7)14-16-28(22,5)27(24)15-17-29(25,26)6/h19-23,25,27H,8-18H2,1-7H3. The van der Waals surface area contributed by atoms with E-state index < -0.39 is 0 Å². The van der Waals surface area contributed by atoms with E-state index in [1.165, 1.54) is 70.6 Å². The Morgan fingerprint density at radius 1 is 0.933 bits per heavy atom. The molecule has 0 bridgehead atoms.